The van der Waals surface area contributed by atoms with Gasteiger partial charge >= 0.3 is 0 Å². The summed E-state index contributed by atoms with van der Waals surface area (Å²) in [5.74, 6) is 3.39. The molecule has 0 N–H and O–H groups in total. The smallest absolute Gasteiger partial charge is 0.276 e. The molecular formula is C20H23N7O2. The number of anilines is 1. The molecule has 4 heterocycles. The number of carbonyl (C=O) groups excluding carboxylic acids is 1. The van der Waals surface area contributed by atoms with E-state index in [1.165, 1.54) is 0 Å². The molecule has 1 amide bonds. The van der Waals surface area contributed by atoms with Gasteiger partial charge in [-0.15, -0.1) is 0 Å². The number of aromatic nitrogens is 5. The molecule has 3 aromatic heterocycles. The van der Waals surface area contributed by atoms with Crippen molar-refractivity contribution in [1.29, 1.82) is 0 Å². The summed E-state index contributed by atoms with van der Waals surface area (Å²) in [6.07, 6.45) is 9.18. The highest BCUT2D eigenvalue weighted by molar-refractivity contribution is 5.94. The minimum atomic E-state index is -0.0195. The van der Waals surface area contributed by atoms with Crippen LogP contribution in [0.1, 0.15) is 40.5 Å². The Morgan fingerprint density at radius 3 is 2.62 bits per heavy atom. The molecule has 0 spiro atoms. The summed E-state index contributed by atoms with van der Waals surface area (Å²) >= 11 is 0. The zero-order valence-electron chi connectivity index (χ0n) is 16.4. The maximum atomic E-state index is 13.0. The lowest BCUT2D eigenvalue weighted by atomic mass is 9.96. The largest absolute Gasteiger partial charge is 0.360 e. The third-order valence-corrected chi connectivity index (χ3v) is 5.75. The highest BCUT2D eigenvalue weighted by Gasteiger charge is 2.29. The van der Waals surface area contributed by atoms with E-state index in [1.807, 2.05) is 28.7 Å². The van der Waals surface area contributed by atoms with Crippen molar-refractivity contribution in [3.05, 3.63) is 47.6 Å². The average molecular weight is 393 g/mol. The Balaban J connectivity index is 1.28. The molecule has 29 heavy (non-hydrogen) atoms. The average Bonchev–Trinajstić information content (AvgIpc) is 3.40. The lowest BCUT2D eigenvalue weighted by molar-refractivity contribution is 0.0735. The van der Waals surface area contributed by atoms with E-state index < -0.39 is 0 Å². The van der Waals surface area contributed by atoms with Gasteiger partial charge in [-0.3, -0.25) is 9.36 Å². The van der Waals surface area contributed by atoms with Crippen LogP contribution in [0, 0.1) is 6.92 Å². The van der Waals surface area contributed by atoms with E-state index in [2.05, 4.69) is 25.0 Å². The van der Waals surface area contributed by atoms with Crippen LogP contribution in [0.5, 0.6) is 0 Å². The van der Waals surface area contributed by atoms with Gasteiger partial charge in [0.25, 0.3) is 5.91 Å². The lowest BCUT2D eigenvalue weighted by Crippen LogP contribution is -2.49. The van der Waals surface area contributed by atoms with Crippen LogP contribution >= 0.6 is 0 Å². The minimum absolute atomic E-state index is 0.0195. The predicted octanol–water partition coefficient (Wildman–Crippen LogP) is 1.80. The fourth-order valence-electron chi connectivity index (χ4n) is 4.10. The molecular weight excluding hydrogens is 370 g/mol. The number of hydrogen-bond donors (Lipinski definition) is 0. The molecule has 3 aromatic rings. The summed E-state index contributed by atoms with van der Waals surface area (Å²) in [6, 6.07) is 1.96. The Morgan fingerprint density at radius 1 is 1.03 bits per heavy atom. The van der Waals surface area contributed by atoms with Crippen molar-refractivity contribution in [2.75, 3.05) is 31.1 Å². The standard InChI is InChI=1S/C20H23N7O2/c1-14-21-6-7-27(14)18-12-17(22-13-23-18)25-8-10-26(11-9-25)20(28)19-15-4-2-3-5-16(15)29-24-19/h6-7,12-13H,2-5,8-11H2,1H3. The summed E-state index contributed by atoms with van der Waals surface area (Å²) in [6.45, 7) is 4.62. The fourth-order valence-corrected chi connectivity index (χ4v) is 4.10. The Kier molecular flexibility index (Phi) is 4.49. The molecule has 0 saturated carbocycles. The van der Waals surface area contributed by atoms with Crippen molar-refractivity contribution < 1.29 is 9.32 Å². The van der Waals surface area contributed by atoms with E-state index in [0.717, 1.165) is 54.5 Å². The maximum Gasteiger partial charge on any atom is 0.276 e. The van der Waals surface area contributed by atoms with Crippen molar-refractivity contribution in [3.8, 4) is 5.82 Å². The zero-order chi connectivity index (χ0) is 19.8. The molecule has 9 nitrogen and oxygen atoms in total. The highest BCUT2D eigenvalue weighted by atomic mass is 16.5. The first kappa shape index (κ1) is 17.8. The van der Waals surface area contributed by atoms with Crippen LogP contribution in [0.25, 0.3) is 5.82 Å². The Morgan fingerprint density at radius 2 is 1.83 bits per heavy atom. The van der Waals surface area contributed by atoms with Crippen LogP contribution in [0.2, 0.25) is 0 Å². The number of fused-ring (bicyclic) bond motifs is 1. The van der Waals surface area contributed by atoms with Crippen LogP contribution in [0.15, 0.2) is 29.3 Å². The molecule has 2 aliphatic rings. The van der Waals surface area contributed by atoms with Crippen molar-refractivity contribution in [3.63, 3.8) is 0 Å². The quantitative estimate of drug-likeness (QED) is 0.670. The normalized spacial score (nSPS) is 16.7. The second kappa shape index (κ2) is 7.31. The Bertz CT molecular complexity index is 1030. The number of rotatable bonds is 3. The minimum Gasteiger partial charge on any atom is -0.360 e. The molecule has 0 unspecified atom stereocenters. The second-order valence-electron chi connectivity index (χ2n) is 7.50. The van der Waals surface area contributed by atoms with E-state index in [1.54, 1.807) is 12.5 Å². The van der Waals surface area contributed by atoms with Gasteiger partial charge < -0.3 is 14.3 Å². The number of piperazine rings is 1. The molecule has 0 aromatic carbocycles. The first-order valence-electron chi connectivity index (χ1n) is 10.0. The van der Waals surface area contributed by atoms with E-state index in [9.17, 15) is 4.79 Å². The second-order valence-corrected chi connectivity index (χ2v) is 7.50. The molecule has 9 heteroatoms. The van der Waals surface area contributed by atoms with Gasteiger partial charge in [0.1, 0.15) is 29.5 Å². The summed E-state index contributed by atoms with van der Waals surface area (Å²) in [5.41, 5.74) is 1.52. The third-order valence-electron chi connectivity index (χ3n) is 5.75. The first-order chi connectivity index (χ1) is 14.2. The SMILES string of the molecule is Cc1nccn1-c1cc(N2CCN(C(=O)c3noc4c3CCCC4)CC2)ncn1. The van der Waals surface area contributed by atoms with E-state index >= 15 is 0 Å². The molecule has 150 valence electrons. The third kappa shape index (κ3) is 3.26. The Hall–Kier alpha value is -3.23. The molecule has 0 atom stereocenters. The van der Waals surface area contributed by atoms with E-state index in [-0.39, 0.29) is 5.91 Å². The van der Waals surface area contributed by atoms with Crippen LogP contribution in [0.3, 0.4) is 0 Å². The Labute approximate surface area is 168 Å². The maximum absolute atomic E-state index is 13.0. The molecule has 5 rings (SSSR count). The van der Waals surface area contributed by atoms with Gasteiger partial charge in [0.05, 0.1) is 0 Å². The van der Waals surface area contributed by atoms with Gasteiger partial charge in [-0.25, -0.2) is 15.0 Å². The summed E-state index contributed by atoms with van der Waals surface area (Å²) in [5, 5.41) is 4.09. The van der Waals surface area contributed by atoms with Crippen LogP contribution < -0.4 is 4.90 Å². The number of hydrogen-bond acceptors (Lipinski definition) is 7. The lowest BCUT2D eigenvalue weighted by Gasteiger charge is -2.35. The summed E-state index contributed by atoms with van der Waals surface area (Å²) in [4.78, 5) is 30.1. The number of amides is 1. The van der Waals surface area contributed by atoms with E-state index in [0.29, 0.717) is 31.9 Å². The predicted molar refractivity (Wildman–Crippen MR) is 105 cm³/mol. The number of aryl methyl sites for hydroxylation is 2. The summed E-state index contributed by atoms with van der Waals surface area (Å²) in [7, 11) is 0. The molecule has 1 aliphatic carbocycles. The van der Waals surface area contributed by atoms with Crippen LogP contribution in [0.4, 0.5) is 5.82 Å². The highest BCUT2D eigenvalue weighted by Crippen LogP contribution is 2.25. The number of carbonyl (C=O) groups is 1. The van der Waals surface area contributed by atoms with Gasteiger partial charge in [0.2, 0.25) is 0 Å². The zero-order valence-corrected chi connectivity index (χ0v) is 16.4. The van der Waals surface area contributed by atoms with Gasteiger partial charge in [0, 0.05) is 56.6 Å². The van der Waals surface area contributed by atoms with E-state index in [4.69, 9.17) is 4.52 Å². The summed E-state index contributed by atoms with van der Waals surface area (Å²) < 4.78 is 7.34. The van der Waals surface area contributed by atoms with Crippen molar-refractivity contribution >= 4 is 11.7 Å². The van der Waals surface area contributed by atoms with Gasteiger partial charge in [0.15, 0.2) is 5.69 Å². The topological polar surface area (TPSA) is 93.2 Å². The molecule has 1 saturated heterocycles. The fraction of sp³-hybridized carbons (Fsp3) is 0.450. The molecule has 0 radical (unpaired) electrons. The van der Waals surface area contributed by atoms with Crippen molar-refractivity contribution in [2.24, 2.45) is 0 Å². The van der Waals surface area contributed by atoms with Crippen molar-refractivity contribution in [1.82, 2.24) is 29.6 Å². The monoisotopic (exact) mass is 393 g/mol. The van der Waals surface area contributed by atoms with Gasteiger partial charge in [-0.1, -0.05) is 5.16 Å². The number of nitrogens with zero attached hydrogens (tertiary/aromatic N) is 7. The number of imidazole rings is 1. The van der Waals surface area contributed by atoms with Gasteiger partial charge in [-0.05, 0) is 26.2 Å². The van der Waals surface area contributed by atoms with Crippen LogP contribution in [-0.2, 0) is 12.8 Å². The van der Waals surface area contributed by atoms with Crippen molar-refractivity contribution in [2.45, 2.75) is 32.6 Å². The molecule has 0 bridgehead atoms. The first-order valence-corrected chi connectivity index (χ1v) is 10.0. The van der Waals surface area contributed by atoms with Gasteiger partial charge in [-0.2, -0.15) is 0 Å². The van der Waals surface area contributed by atoms with Crippen LogP contribution in [-0.4, -0.2) is 61.7 Å². The molecule has 1 fully saturated rings. The molecule has 1 aliphatic heterocycles.